The average Bonchev–Trinajstić information content (AvgIpc) is 2.66. The fourth-order valence-corrected chi connectivity index (χ4v) is 1.88. The Morgan fingerprint density at radius 1 is 1.36 bits per heavy atom. The summed E-state index contributed by atoms with van der Waals surface area (Å²) >= 11 is 0. The van der Waals surface area contributed by atoms with Gasteiger partial charge in [0, 0.05) is 19.6 Å². The summed E-state index contributed by atoms with van der Waals surface area (Å²) in [5, 5.41) is 17.7. The van der Waals surface area contributed by atoms with Crippen molar-refractivity contribution in [1.82, 2.24) is 4.90 Å². The van der Waals surface area contributed by atoms with Crippen molar-refractivity contribution in [3.8, 4) is 0 Å². The van der Waals surface area contributed by atoms with E-state index in [0.29, 0.717) is 12.0 Å². The predicted octanol–water partition coefficient (Wildman–Crippen LogP) is -0.565. The van der Waals surface area contributed by atoms with Gasteiger partial charge in [0.1, 0.15) is 0 Å². The SMILES string of the molecule is OCC(O)CN1CC2(CC2)C1. The maximum absolute atomic E-state index is 9.09. The minimum atomic E-state index is -0.536. The van der Waals surface area contributed by atoms with Crippen LogP contribution in [0.2, 0.25) is 0 Å². The molecule has 2 N–H and O–H groups in total. The zero-order valence-electron chi connectivity index (χ0n) is 6.66. The number of β-amino-alcohol motifs (C(OH)–C–C–N with tert-alkyl or cyclic N) is 1. The van der Waals surface area contributed by atoms with Crippen molar-refractivity contribution >= 4 is 0 Å². The van der Waals surface area contributed by atoms with Gasteiger partial charge in [-0.1, -0.05) is 0 Å². The maximum Gasteiger partial charge on any atom is 0.0897 e. The second kappa shape index (κ2) is 2.44. The summed E-state index contributed by atoms with van der Waals surface area (Å²) in [6.45, 7) is 2.83. The van der Waals surface area contributed by atoms with Crippen LogP contribution in [0, 0.1) is 5.41 Å². The van der Waals surface area contributed by atoms with Crippen LogP contribution in [0.25, 0.3) is 0 Å². The first-order valence-electron chi connectivity index (χ1n) is 4.25. The van der Waals surface area contributed by atoms with Crippen molar-refractivity contribution in [1.29, 1.82) is 0 Å². The van der Waals surface area contributed by atoms with Gasteiger partial charge in [0.15, 0.2) is 0 Å². The number of aliphatic hydroxyl groups excluding tert-OH is 2. The van der Waals surface area contributed by atoms with Crippen molar-refractivity contribution in [2.24, 2.45) is 5.41 Å². The molecule has 64 valence electrons. The van der Waals surface area contributed by atoms with Crippen molar-refractivity contribution < 1.29 is 10.2 Å². The van der Waals surface area contributed by atoms with E-state index in [1.165, 1.54) is 12.8 Å². The van der Waals surface area contributed by atoms with E-state index >= 15 is 0 Å². The molecule has 1 saturated carbocycles. The zero-order chi connectivity index (χ0) is 7.90. The summed E-state index contributed by atoms with van der Waals surface area (Å²) in [6, 6.07) is 0. The van der Waals surface area contributed by atoms with E-state index in [-0.39, 0.29) is 6.61 Å². The molecule has 2 aliphatic rings. The highest BCUT2D eigenvalue weighted by atomic mass is 16.3. The van der Waals surface area contributed by atoms with Gasteiger partial charge in [0.25, 0.3) is 0 Å². The molecule has 1 unspecified atom stereocenters. The molecule has 2 rings (SSSR count). The standard InChI is InChI=1S/C8H15NO2/c10-4-7(11)3-9-5-8(6-9)1-2-8/h7,10-11H,1-6H2. The van der Waals surface area contributed by atoms with E-state index in [1.54, 1.807) is 0 Å². The molecule has 0 radical (unpaired) electrons. The summed E-state index contributed by atoms with van der Waals surface area (Å²) in [7, 11) is 0. The predicted molar refractivity (Wildman–Crippen MR) is 41.2 cm³/mol. The number of hydrogen-bond acceptors (Lipinski definition) is 3. The summed E-state index contributed by atoms with van der Waals surface area (Å²) in [6.07, 6.45) is 2.21. The minimum absolute atomic E-state index is 0.108. The van der Waals surface area contributed by atoms with Crippen molar-refractivity contribution in [2.75, 3.05) is 26.2 Å². The van der Waals surface area contributed by atoms with Crippen LogP contribution in [0.1, 0.15) is 12.8 Å². The molecule has 0 aromatic heterocycles. The van der Waals surface area contributed by atoms with Crippen LogP contribution in [0.15, 0.2) is 0 Å². The smallest absolute Gasteiger partial charge is 0.0897 e. The lowest BCUT2D eigenvalue weighted by Gasteiger charge is -2.40. The molecule has 11 heavy (non-hydrogen) atoms. The molecule has 0 aromatic rings. The molecule has 1 spiro atoms. The van der Waals surface area contributed by atoms with Gasteiger partial charge in [-0.3, -0.25) is 4.90 Å². The molecule has 0 amide bonds. The number of rotatable bonds is 3. The highest BCUT2D eigenvalue weighted by Gasteiger charge is 2.52. The summed E-state index contributed by atoms with van der Waals surface area (Å²) in [5.41, 5.74) is 0.662. The molecule has 3 nitrogen and oxygen atoms in total. The quantitative estimate of drug-likeness (QED) is 0.577. The highest BCUT2D eigenvalue weighted by molar-refractivity contribution is 5.05. The first-order chi connectivity index (χ1) is 5.24. The van der Waals surface area contributed by atoms with Crippen LogP contribution in [0.3, 0.4) is 0 Å². The van der Waals surface area contributed by atoms with Crippen LogP contribution in [-0.4, -0.2) is 47.5 Å². The third-order valence-electron chi connectivity index (χ3n) is 2.75. The molecule has 0 aromatic carbocycles. The van der Waals surface area contributed by atoms with E-state index < -0.39 is 6.10 Å². The van der Waals surface area contributed by atoms with Crippen LogP contribution >= 0.6 is 0 Å². The third kappa shape index (κ3) is 1.41. The van der Waals surface area contributed by atoms with Gasteiger partial charge in [-0.25, -0.2) is 0 Å². The van der Waals surface area contributed by atoms with Gasteiger partial charge in [0.2, 0.25) is 0 Å². The Labute approximate surface area is 66.6 Å². The first kappa shape index (κ1) is 7.53. The molecule has 2 fully saturated rings. The van der Waals surface area contributed by atoms with Crippen LogP contribution in [0.5, 0.6) is 0 Å². The molecule has 1 saturated heterocycles. The number of hydrogen-bond donors (Lipinski definition) is 2. The van der Waals surface area contributed by atoms with Crippen LogP contribution < -0.4 is 0 Å². The fraction of sp³-hybridized carbons (Fsp3) is 1.00. The number of nitrogens with zero attached hydrogens (tertiary/aromatic N) is 1. The Bertz CT molecular complexity index is 148. The fourth-order valence-electron chi connectivity index (χ4n) is 1.88. The van der Waals surface area contributed by atoms with E-state index in [4.69, 9.17) is 10.2 Å². The van der Waals surface area contributed by atoms with Gasteiger partial charge in [-0.05, 0) is 18.3 Å². The number of likely N-dealkylation sites (tertiary alicyclic amines) is 1. The second-order valence-corrected chi connectivity index (χ2v) is 4.01. The lowest BCUT2D eigenvalue weighted by atomic mass is 9.96. The van der Waals surface area contributed by atoms with Crippen LogP contribution in [0.4, 0.5) is 0 Å². The van der Waals surface area contributed by atoms with Crippen LogP contribution in [-0.2, 0) is 0 Å². The molecule has 3 heteroatoms. The Morgan fingerprint density at radius 2 is 2.00 bits per heavy atom. The lowest BCUT2D eigenvalue weighted by molar-refractivity contribution is 0.00616. The first-order valence-corrected chi connectivity index (χ1v) is 4.25. The topological polar surface area (TPSA) is 43.7 Å². The lowest BCUT2D eigenvalue weighted by Crippen LogP contribution is -2.51. The van der Waals surface area contributed by atoms with Crippen molar-refractivity contribution in [2.45, 2.75) is 18.9 Å². The molecule has 1 atom stereocenters. The monoisotopic (exact) mass is 157 g/mol. The van der Waals surface area contributed by atoms with Gasteiger partial charge in [-0.2, -0.15) is 0 Å². The Morgan fingerprint density at radius 3 is 2.45 bits per heavy atom. The molecule has 1 heterocycles. The van der Waals surface area contributed by atoms with E-state index in [9.17, 15) is 0 Å². The highest BCUT2D eigenvalue weighted by Crippen LogP contribution is 2.52. The van der Waals surface area contributed by atoms with Gasteiger partial charge >= 0.3 is 0 Å². The molecular formula is C8H15NO2. The summed E-state index contributed by atoms with van der Waals surface area (Å²) < 4.78 is 0. The largest absolute Gasteiger partial charge is 0.394 e. The van der Waals surface area contributed by atoms with E-state index in [1.807, 2.05) is 0 Å². The Hall–Kier alpha value is -0.120. The Kier molecular flexibility index (Phi) is 1.67. The number of aliphatic hydroxyl groups is 2. The molecule has 1 aliphatic carbocycles. The summed E-state index contributed by atoms with van der Waals surface area (Å²) in [5.74, 6) is 0. The molecule has 0 bridgehead atoms. The zero-order valence-corrected chi connectivity index (χ0v) is 6.66. The third-order valence-corrected chi connectivity index (χ3v) is 2.75. The van der Waals surface area contributed by atoms with E-state index in [0.717, 1.165) is 13.1 Å². The van der Waals surface area contributed by atoms with Crippen molar-refractivity contribution in [3.63, 3.8) is 0 Å². The van der Waals surface area contributed by atoms with Crippen molar-refractivity contribution in [3.05, 3.63) is 0 Å². The van der Waals surface area contributed by atoms with Gasteiger partial charge in [0.05, 0.1) is 12.7 Å². The minimum Gasteiger partial charge on any atom is -0.394 e. The maximum atomic E-state index is 9.09. The Balaban J connectivity index is 1.66. The van der Waals surface area contributed by atoms with Gasteiger partial charge in [-0.15, -0.1) is 0 Å². The second-order valence-electron chi connectivity index (χ2n) is 4.01. The molecular weight excluding hydrogens is 142 g/mol. The van der Waals surface area contributed by atoms with E-state index in [2.05, 4.69) is 4.90 Å². The average molecular weight is 157 g/mol. The normalized spacial score (nSPS) is 30.0. The molecule has 1 aliphatic heterocycles. The summed E-state index contributed by atoms with van der Waals surface area (Å²) in [4.78, 5) is 2.22. The van der Waals surface area contributed by atoms with Gasteiger partial charge < -0.3 is 10.2 Å².